The van der Waals surface area contributed by atoms with E-state index in [0.717, 1.165) is 30.9 Å². The highest BCUT2D eigenvalue weighted by molar-refractivity contribution is 6.32. The van der Waals surface area contributed by atoms with Crippen molar-refractivity contribution in [2.24, 2.45) is 0 Å². The lowest BCUT2D eigenvalue weighted by Gasteiger charge is -2.16. The summed E-state index contributed by atoms with van der Waals surface area (Å²) in [4.78, 5) is 4.13. The fourth-order valence-corrected chi connectivity index (χ4v) is 1.39. The van der Waals surface area contributed by atoms with Crippen molar-refractivity contribution in [1.82, 2.24) is 4.98 Å². The Morgan fingerprint density at radius 1 is 1.58 bits per heavy atom. The summed E-state index contributed by atoms with van der Waals surface area (Å²) >= 11 is 5.78. The van der Waals surface area contributed by atoms with E-state index >= 15 is 0 Å². The molecule has 2 heterocycles. The first-order chi connectivity index (χ1) is 5.77. The monoisotopic (exact) mass is 184 g/mol. The van der Waals surface area contributed by atoms with Gasteiger partial charge in [0, 0.05) is 6.07 Å². The summed E-state index contributed by atoms with van der Waals surface area (Å²) in [5.41, 5.74) is 6.46. The van der Waals surface area contributed by atoms with E-state index in [1.54, 1.807) is 6.07 Å². The van der Waals surface area contributed by atoms with Gasteiger partial charge in [-0.3, -0.25) is 0 Å². The summed E-state index contributed by atoms with van der Waals surface area (Å²) in [5.74, 6) is 1.17. The number of fused-ring (bicyclic) bond motifs is 1. The van der Waals surface area contributed by atoms with Gasteiger partial charge in [-0.15, -0.1) is 0 Å². The zero-order chi connectivity index (χ0) is 8.55. The third-order valence-corrected chi connectivity index (χ3v) is 2.16. The molecule has 3 nitrogen and oxygen atoms in total. The van der Waals surface area contributed by atoms with E-state index < -0.39 is 0 Å². The Morgan fingerprint density at radius 3 is 3.25 bits per heavy atom. The summed E-state index contributed by atoms with van der Waals surface area (Å²) in [6.45, 7) is 0.745. The zero-order valence-corrected chi connectivity index (χ0v) is 7.27. The molecule has 0 bridgehead atoms. The molecular weight excluding hydrogens is 176 g/mol. The first-order valence-electron chi connectivity index (χ1n) is 3.85. The van der Waals surface area contributed by atoms with Gasteiger partial charge in [0.1, 0.15) is 11.6 Å². The molecule has 0 amide bonds. The molecule has 0 saturated heterocycles. The quantitative estimate of drug-likeness (QED) is 0.667. The van der Waals surface area contributed by atoms with Gasteiger partial charge in [-0.25, -0.2) is 4.98 Å². The molecule has 0 atom stereocenters. The SMILES string of the molecule is Nc1nc2c(cc1Cl)OCCC2. The number of rotatable bonds is 0. The van der Waals surface area contributed by atoms with Crippen molar-refractivity contribution in [1.29, 1.82) is 0 Å². The number of nitrogen functional groups attached to an aromatic ring is 1. The number of halogens is 1. The maximum absolute atomic E-state index is 5.78. The van der Waals surface area contributed by atoms with Gasteiger partial charge in [0.15, 0.2) is 0 Å². The zero-order valence-electron chi connectivity index (χ0n) is 6.51. The van der Waals surface area contributed by atoms with Gasteiger partial charge in [0.25, 0.3) is 0 Å². The van der Waals surface area contributed by atoms with E-state index in [0.29, 0.717) is 10.8 Å². The van der Waals surface area contributed by atoms with E-state index in [1.165, 1.54) is 0 Å². The number of nitrogens with two attached hydrogens (primary N) is 1. The van der Waals surface area contributed by atoms with E-state index in [1.807, 2.05) is 0 Å². The summed E-state index contributed by atoms with van der Waals surface area (Å²) in [5, 5.41) is 0.468. The van der Waals surface area contributed by atoms with Gasteiger partial charge in [-0.2, -0.15) is 0 Å². The number of aryl methyl sites for hydroxylation is 1. The van der Waals surface area contributed by atoms with Crippen LogP contribution in [0.25, 0.3) is 0 Å². The lowest BCUT2D eigenvalue weighted by molar-refractivity contribution is 0.285. The fraction of sp³-hybridized carbons (Fsp3) is 0.375. The molecular formula is C8H9ClN2O. The molecule has 1 aliphatic heterocycles. The molecule has 0 fully saturated rings. The minimum atomic E-state index is 0.390. The van der Waals surface area contributed by atoms with Crippen molar-refractivity contribution in [3.8, 4) is 5.75 Å². The Balaban J connectivity index is 2.49. The van der Waals surface area contributed by atoms with Crippen LogP contribution in [0.5, 0.6) is 5.75 Å². The number of hydrogen-bond donors (Lipinski definition) is 1. The summed E-state index contributed by atoms with van der Waals surface area (Å²) in [6, 6.07) is 1.73. The van der Waals surface area contributed by atoms with E-state index in [4.69, 9.17) is 22.1 Å². The molecule has 12 heavy (non-hydrogen) atoms. The number of hydrogen-bond acceptors (Lipinski definition) is 3. The number of nitrogens with zero attached hydrogens (tertiary/aromatic N) is 1. The lowest BCUT2D eigenvalue weighted by Crippen LogP contribution is -2.11. The van der Waals surface area contributed by atoms with Crippen molar-refractivity contribution in [2.75, 3.05) is 12.3 Å². The number of aromatic nitrogens is 1. The van der Waals surface area contributed by atoms with Gasteiger partial charge in [-0.1, -0.05) is 11.6 Å². The van der Waals surface area contributed by atoms with Crippen LogP contribution in [0.2, 0.25) is 5.02 Å². The van der Waals surface area contributed by atoms with Gasteiger partial charge in [0.2, 0.25) is 0 Å². The average molecular weight is 185 g/mol. The summed E-state index contributed by atoms with van der Waals surface area (Å²) in [7, 11) is 0. The second-order valence-electron chi connectivity index (χ2n) is 2.75. The van der Waals surface area contributed by atoms with E-state index in [2.05, 4.69) is 4.98 Å². The van der Waals surface area contributed by atoms with Crippen LogP contribution in [0.15, 0.2) is 6.07 Å². The summed E-state index contributed by atoms with van der Waals surface area (Å²) < 4.78 is 5.36. The van der Waals surface area contributed by atoms with Crippen LogP contribution in [-0.4, -0.2) is 11.6 Å². The Labute approximate surface area is 75.5 Å². The molecule has 0 spiro atoms. The van der Waals surface area contributed by atoms with Gasteiger partial charge >= 0.3 is 0 Å². The standard InChI is InChI=1S/C8H9ClN2O/c9-5-4-7-6(11-8(5)10)2-1-3-12-7/h4H,1-3H2,(H2,10,11). The molecule has 4 heteroatoms. The third-order valence-electron chi connectivity index (χ3n) is 1.86. The van der Waals surface area contributed by atoms with Crippen molar-refractivity contribution in [3.63, 3.8) is 0 Å². The highest BCUT2D eigenvalue weighted by Gasteiger charge is 2.13. The molecule has 2 N–H and O–H groups in total. The predicted octanol–water partition coefficient (Wildman–Crippen LogP) is 1.64. The van der Waals surface area contributed by atoms with Crippen LogP contribution in [0, 0.1) is 0 Å². The molecule has 0 saturated carbocycles. The van der Waals surface area contributed by atoms with Crippen LogP contribution < -0.4 is 10.5 Å². The van der Waals surface area contributed by atoms with Gasteiger partial charge in [0.05, 0.1) is 17.3 Å². The smallest absolute Gasteiger partial charge is 0.142 e. The van der Waals surface area contributed by atoms with E-state index in [9.17, 15) is 0 Å². The van der Waals surface area contributed by atoms with Crippen molar-refractivity contribution in [3.05, 3.63) is 16.8 Å². The normalized spacial score (nSPS) is 15.1. The first-order valence-corrected chi connectivity index (χ1v) is 4.23. The molecule has 1 aromatic rings. The second kappa shape index (κ2) is 2.83. The molecule has 0 unspecified atom stereocenters. The molecule has 1 aromatic heterocycles. The van der Waals surface area contributed by atoms with Crippen molar-refractivity contribution in [2.45, 2.75) is 12.8 Å². The van der Waals surface area contributed by atoms with Crippen molar-refractivity contribution >= 4 is 17.4 Å². The van der Waals surface area contributed by atoms with Crippen LogP contribution in [0.3, 0.4) is 0 Å². The van der Waals surface area contributed by atoms with Crippen LogP contribution in [0.4, 0.5) is 5.82 Å². The summed E-state index contributed by atoms with van der Waals surface area (Å²) in [6.07, 6.45) is 1.93. The van der Waals surface area contributed by atoms with E-state index in [-0.39, 0.29) is 0 Å². The number of pyridine rings is 1. The van der Waals surface area contributed by atoms with Crippen LogP contribution in [-0.2, 0) is 6.42 Å². The second-order valence-corrected chi connectivity index (χ2v) is 3.16. The number of ether oxygens (including phenoxy) is 1. The Morgan fingerprint density at radius 2 is 2.42 bits per heavy atom. The maximum atomic E-state index is 5.78. The first kappa shape index (κ1) is 7.68. The molecule has 0 aliphatic carbocycles. The fourth-order valence-electron chi connectivity index (χ4n) is 1.25. The molecule has 0 aromatic carbocycles. The third kappa shape index (κ3) is 1.20. The molecule has 0 radical (unpaired) electrons. The minimum Gasteiger partial charge on any atom is -0.492 e. The van der Waals surface area contributed by atoms with Crippen LogP contribution in [0.1, 0.15) is 12.1 Å². The highest BCUT2D eigenvalue weighted by atomic mass is 35.5. The number of anilines is 1. The molecule has 2 rings (SSSR count). The average Bonchev–Trinajstić information content (AvgIpc) is 2.07. The highest BCUT2D eigenvalue weighted by Crippen LogP contribution is 2.29. The van der Waals surface area contributed by atoms with Gasteiger partial charge in [-0.05, 0) is 12.8 Å². The Kier molecular flexibility index (Phi) is 1.81. The van der Waals surface area contributed by atoms with Crippen molar-refractivity contribution < 1.29 is 4.74 Å². The Bertz CT molecular complexity index is 283. The minimum absolute atomic E-state index is 0.390. The maximum Gasteiger partial charge on any atom is 0.142 e. The molecule has 64 valence electrons. The van der Waals surface area contributed by atoms with Gasteiger partial charge < -0.3 is 10.5 Å². The largest absolute Gasteiger partial charge is 0.492 e. The topological polar surface area (TPSA) is 48.1 Å². The van der Waals surface area contributed by atoms with Crippen LogP contribution >= 0.6 is 11.6 Å². The Hall–Kier alpha value is -0.960. The predicted molar refractivity (Wildman–Crippen MR) is 47.5 cm³/mol. The lowest BCUT2D eigenvalue weighted by atomic mass is 10.1. The molecule has 1 aliphatic rings.